The first-order valence-electron chi connectivity index (χ1n) is 8.60. The van der Waals surface area contributed by atoms with Gasteiger partial charge < -0.3 is 5.32 Å². The SMILES string of the molecule is Cc1c(C(=O)NC(C)(C)C)nn(-c2ccc(Br)cc2)c1-c1ccc(Cl)cc1. The van der Waals surface area contributed by atoms with Crippen LogP contribution in [0.25, 0.3) is 16.9 Å². The van der Waals surface area contributed by atoms with Gasteiger partial charge in [-0.3, -0.25) is 4.79 Å². The van der Waals surface area contributed by atoms with Crippen LogP contribution >= 0.6 is 27.5 Å². The maximum Gasteiger partial charge on any atom is 0.272 e. The van der Waals surface area contributed by atoms with Crippen molar-refractivity contribution in [3.05, 3.63) is 69.3 Å². The molecule has 0 spiro atoms. The fraction of sp³-hybridized carbons (Fsp3) is 0.238. The van der Waals surface area contributed by atoms with Crippen molar-refractivity contribution in [1.82, 2.24) is 15.1 Å². The molecule has 4 nitrogen and oxygen atoms in total. The summed E-state index contributed by atoms with van der Waals surface area (Å²) in [4.78, 5) is 12.8. The maximum absolute atomic E-state index is 12.8. The molecule has 0 bridgehead atoms. The molecule has 2 aromatic carbocycles. The van der Waals surface area contributed by atoms with Crippen molar-refractivity contribution in [2.75, 3.05) is 0 Å². The molecule has 6 heteroatoms. The number of rotatable bonds is 3. The van der Waals surface area contributed by atoms with Crippen LogP contribution in [-0.2, 0) is 0 Å². The average molecular weight is 447 g/mol. The number of halogens is 2. The largest absolute Gasteiger partial charge is 0.346 e. The van der Waals surface area contributed by atoms with E-state index in [1.807, 2.05) is 80.9 Å². The fourth-order valence-corrected chi connectivity index (χ4v) is 3.22. The number of nitrogens with zero attached hydrogens (tertiary/aromatic N) is 2. The van der Waals surface area contributed by atoms with Crippen LogP contribution in [-0.4, -0.2) is 21.2 Å². The molecule has 0 unspecified atom stereocenters. The standard InChI is InChI=1S/C21H21BrClN3O/c1-13-18(20(27)24-21(2,3)4)25-26(17-11-7-15(22)8-12-17)19(13)14-5-9-16(23)10-6-14/h5-12H,1-4H3,(H,24,27). The van der Waals surface area contributed by atoms with E-state index in [0.29, 0.717) is 10.7 Å². The zero-order chi connectivity index (χ0) is 19.8. The van der Waals surface area contributed by atoms with Gasteiger partial charge in [0, 0.05) is 26.2 Å². The number of hydrogen-bond acceptors (Lipinski definition) is 2. The molecule has 0 atom stereocenters. The van der Waals surface area contributed by atoms with Gasteiger partial charge >= 0.3 is 0 Å². The van der Waals surface area contributed by atoms with Crippen molar-refractivity contribution < 1.29 is 4.79 Å². The van der Waals surface area contributed by atoms with E-state index in [1.165, 1.54) is 0 Å². The Morgan fingerprint density at radius 1 is 1.07 bits per heavy atom. The topological polar surface area (TPSA) is 46.9 Å². The Hall–Kier alpha value is -2.11. The Kier molecular flexibility index (Phi) is 5.45. The Morgan fingerprint density at radius 2 is 1.67 bits per heavy atom. The lowest BCUT2D eigenvalue weighted by Gasteiger charge is -2.19. The van der Waals surface area contributed by atoms with Gasteiger partial charge in [-0.1, -0.05) is 39.7 Å². The second-order valence-electron chi connectivity index (χ2n) is 7.42. The molecule has 3 aromatic rings. The maximum atomic E-state index is 12.8. The van der Waals surface area contributed by atoms with Gasteiger partial charge in [0.15, 0.2) is 5.69 Å². The summed E-state index contributed by atoms with van der Waals surface area (Å²) in [5.74, 6) is -0.189. The minimum absolute atomic E-state index is 0.189. The molecule has 0 aliphatic heterocycles. The molecule has 0 saturated heterocycles. The fourth-order valence-electron chi connectivity index (χ4n) is 2.83. The highest BCUT2D eigenvalue weighted by Crippen LogP contribution is 2.30. The molecule has 0 radical (unpaired) electrons. The van der Waals surface area contributed by atoms with E-state index in [-0.39, 0.29) is 11.4 Å². The highest BCUT2D eigenvalue weighted by molar-refractivity contribution is 9.10. The summed E-state index contributed by atoms with van der Waals surface area (Å²) in [5, 5.41) is 8.31. The van der Waals surface area contributed by atoms with Crippen LogP contribution in [0, 0.1) is 6.92 Å². The molecule has 1 aromatic heterocycles. The first-order valence-corrected chi connectivity index (χ1v) is 9.77. The molecule has 0 fully saturated rings. The molecule has 1 N–H and O–H groups in total. The molecule has 0 aliphatic carbocycles. The number of benzene rings is 2. The lowest BCUT2D eigenvalue weighted by Crippen LogP contribution is -2.41. The van der Waals surface area contributed by atoms with Gasteiger partial charge in [-0.25, -0.2) is 4.68 Å². The Bertz CT molecular complexity index is 970. The quantitative estimate of drug-likeness (QED) is 0.553. The first-order chi connectivity index (χ1) is 12.7. The van der Waals surface area contributed by atoms with Gasteiger partial charge in [-0.05, 0) is 64.1 Å². The molecule has 27 heavy (non-hydrogen) atoms. The lowest BCUT2D eigenvalue weighted by molar-refractivity contribution is 0.0913. The van der Waals surface area contributed by atoms with Crippen molar-refractivity contribution >= 4 is 33.4 Å². The van der Waals surface area contributed by atoms with Crippen molar-refractivity contribution in [2.24, 2.45) is 0 Å². The van der Waals surface area contributed by atoms with E-state index in [4.69, 9.17) is 11.6 Å². The minimum Gasteiger partial charge on any atom is -0.346 e. The summed E-state index contributed by atoms with van der Waals surface area (Å²) in [6.07, 6.45) is 0. The lowest BCUT2D eigenvalue weighted by atomic mass is 10.0. The highest BCUT2D eigenvalue weighted by Gasteiger charge is 2.24. The zero-order valence-corrected chi connectivity index (χ0v) is 18.0. The van der Waals surface area contributed by atoms with E-state index in [1.54, 1.807) is 0 Å². The van der Waals surface area contributed by atoms with Crippen molar-refractivity contribution in [3.63, 3.8) is 0 Å². The van der Waals surface area contributed by atoms with Crippen LogP contribution in [0.15, 0.2) is 53.0 Å². The summed E-state index contributed by atoms with van der Waals surface area (Å²) < 4.78 is 2.79. The van der Waals surface area contributed by atoms with Crippen molar-refractivity contribution in [1.29, 1.82) is 0 Å². The van der Waals surface area contributed by atoms with Gasteiger partial charge in [-0.15, -0.1) is 0 Å². The van der Waals surface area contributed by atoms with Crippen LogP contribution in [0.4, 0.5) is 0 Å². The molecular formula is C21H21BrClN3O. The van der Waals surface area contributed by atoms with E-state index < -0.39 is 0 Å². The van der Waals surface area contributed by atoms with Crippen LogP contribution in [0.2, 0.25) is 5.02 Å². The normalized spacial score (nSPS) is 11.5. The second-order valence-corrected chi connectivity index (χ2v) is 8.77. The third-order valence-electron chi connectivity index (χ3n) is 4.01. The first kappa shape index (κ1) is 19.6. The smallest absolute Gasteiger partial charge is 0.272 e. The second kappa shape index (κ2) is 7.49. The highest BCUT2D eigenvalue weighted by atomic mass is 79.9. The Morgan fingerprint density at radius 3 is 2.22 bits per heavy atom. The summed E-state index contributed by atoms with van der Waals surface area (Å²) in [6, 6.07) is 15.4. The van der Waals surface area contributed by atoms with Gasteiger partial charge in [0.1, 0.15) is 0 Å². The summed E-state index contributed by atoms with van der Waals surface area (Å²) in [6.45, 7) is 7.77. The van der Waals surface area contributed by atoms with Crippen molar-refractivity contribution in [2.45, 2.75) is 33.2 Å². The zero-order valence-electron chi connectivity index (χ0n) is 15.7. The molecule has 3 rings (SSSR count). The molecular weight excluding hydrogens is 426 g/mol. The Labute approximate surface area is 172 Å². The Balaban J connectivity index is 2.18. The predicted molar refractivity (Wildman–Crippen MR) is 114 cm³/mol. The number of amides is 1. The van der Waals surface area contributed by atoms with Crippen LogP contribution in [0.3, 0.4) is 0 Å². The number of carbonyl (C=O) groups is 1. The van der Waals surface area contributed by atoms with E-state index in [0.717, 1.165) is 27.0 Å². The average Bonchev–Trinajstić information content (AvgIpc) is 2.92. The molecule has 1 heterocycles. The van der Waals surface area contributed by atoms with Crippen molar-refractivity contribution in [3.8, 4) is 16.9 Å². The number of nitrogens with one attached hydrogen (secondary N) is 1. The number of carbonyl (C=O) groups excluding carboxylic acids is 1. The monoisotopic (exact) mass is 445 g/mol. The summed E-state index contributed by atoms with van der Waals surface area (Å²) >= 11 is 9.51. The number of aromatic nitrogens is 2. The van der Waals surface area contributed by atoms with Crippen LogP contribution in [0.5, 0.6) is 0 Å². The van der Waals surface area contributed by atoms with Crippen LogP contribution in [0.1, 0.15) is 36.8 Å². The minimum atomic E-state index is -0.342. The van der Waals surface area contributed by atoms with Gasteiger partial charge in [0.05, 0.1) is 11.4 Å². The summed E-state index contributed by atoms with van der Waals surface area (Å²) in [7, 11) is 0. The van der Waals surface area contributed by atoms with Gasteiger partial charge in [0.2, 0.25) is 0 Å². The third-order valence-corrected chi connectivity index (χ3v) is 4.80. The van der Waals surface area contributed by atoms with E-state index in [9.17, 15) is 4.79 Å². The third kappa shape index (κ3) is 4.42. The molecule has 140 valence electrons. The van der Waals surface area contributed by atoms with Gasteiger partial charge in [0.25, 0.3) is 5.91 Å². The molecule has 1 amide bonds. The van der Waals surface area contributed by atoms with Crippen LogP contribution < -0.4 is 5.32 Å². The van der Waals surface area contributed by atoms with Gasteiger partial charge in [-0.2, -0.15) is 5.10 Å². The predicted octanol–water partition coefficient (Wildman–Crippen LogP) is 5.79. The van der Waals surface area contributed by atoms with E-state index in [2.05, 4.69) is 26.3 Å². The number of hydrogen-bond donors (Lipinski definition) is 1. The molecule has 0 saturated carbocycles. The molecule has 0 aliphatic rings. The summed E-state index contributed by atoms with van der Waals surface area (Å²) in [5.41, 5.74) is 3.58. The van der Waals surface area contributed by atoms with E-state index >= 15 is 0 Å².